The van der Waals surface area contributed by atoms with Crippen LogP contribution >= 0.6 is 11.3 Å². The number of thiazole rings is 1. The van der Waals surface area contributed by atoms with Gasteiger partial charge in [0, 0.05) is 18.0 Å². The summed E-state index contributed by atoms with van der Waals surface area (Å²) >= 11 is 0.986. The molecule has 0 aliphatic carbocycles. The lowest BCUT2D eigenvalue weighted by Gasteiger charge is -1.94. The monoisotopic (exact) mass is 210 g/mol. The van der Waals surface area contributed by atoms with Gasteiger partial charge in [-0.3, -0.25) is 9.20 Å². The number of hydrogen-bond acceptors (Lipinski definition) is 4. The van der Waals surface area contributed by atoms with Crippen LogP contribution in [-0.4, -0.2) is 20.5 Å². The highest BCUT2D eigenvalue weighted by molar-refractivity contribution is 7.18. The van der Waals surface area contributed by atoms with Crippen LogP contribution in [0.5, 0.6) is 0 Å². The van der Waals surface area contributed by atoms with Crippen molar-refractivity contribution in [3.8, 4) is 0 Å². The molecule has 0 saturated heterocycles. The Bertz CT molecular complexity index is 569. The predicted octanol–water partition coefficient (Wildman–Crippen LogP) is 0.763. The molecule has 5 nitrogen and oxygen atoms in total. The molecular formula is C8H6N2O3S. The number of aromatic nitrogens is 2. The van der Waals surface area contributed by atoms with E-state index in [0.29, 0.717) is 10.7 Å². The van der Waals surface area contributed by atoms with Crippen LogP contribution < -0.4 is 5.56 Å². The molecule has 14 heavy (non-hydrogen) atoms. The Balaban J connectivity index is 2.83. The molecule has 0 aliphatic heterocycles. The maximum atomic E-state index is 11.0. The number of rotatable bonds is 1. The zero-order chi connectivity index (χ0) is 10.3. The van der Waals surface area contributed by atoms with Gasteiger partial charge >= 0.3 is 5.97 Å². The van der Waals surface area contributed by atoms with Crippen molar-refractivity contribution in [3.63, 3.8) is 0 Å². The molecule has 0 aromatic carbocycles. The molecule has 0 amide bonds. The first-order chi connectivity index (χ1) is 6.58. The summed E-state index contributed by atoms with van der Waals surface area (Å²) in [6.07, 6.45) is 1.46. The maximum Gasteiger partial charge on any atom is 0.347 e. The number of carbonyl (C=O) groups is 1. The van der Waals surface area contributed by atoms with Gasteiger partial charge in [-0.25, -0.2) is 4.79 Å². The fourth-order valence-corrected chi connectivity index (χ4v) is 2.02. The molecule has 1 N–H and O–H groups in total. The van der Waals surface area contributed by atoms with Crippen molar-refractivity contribution < 1.29 is 9.90 Å². The number of aryl methyl sites for hydroxylation is 1. The van der Waals surface area contributed by atoms with Gasteiger partial charge in [0.1, 0.15) is 4.88 Å². The fraction of sp³-hybridized carbons (Fsp3) is 0.125. The summed E-state index contributed by atoms with van der Waals surface area (Å²) < 4.78 is 1.59. The average Bonchev–Trinajstić information content (AvgIpc) is 2.47. The van der Waals surface area contributed by atoms with Crippen molar-refractivity contribution >= 4 is 22.3 Å². The molecular weight excluding hydrogens is 204 g/mol. The van der Waals surface area contributed by atoms with Crippen molar-refractivity contribution in [1.82, 2.24) is 9.38 Å². The lowest BCUT2D eigenvalue weighted by atomic mass is 10.4. The van der Waals surface area contributed by atoms with Crippen molar-refractivity contribution in [2.45, 2.75) is 6.92 Å². The molecule has 0 aliphatic rings. The van der Waals surface area contributed by atoms with Gasteiger partial charge in [-0.2, -0.15) is 4.98 Å². The number of fused-ring (bicyclic) bond motifs is 1. The van der Waals surface area contributed by atoms with Gasteiger partial charge in [-0.15, -0.1) is 0 Å². The molecule has 6 heteroatoms. The number of carboxylic acid groups (broad SMARTS) is 1. The van der Waals surface area contributed by atoms with Crippen LogP contribution in [0.4, 0.5) is 0 Å². The minimum absolute atomic E-state index is 0.172. The van der Waals surface area contributed by atoms with E-state index in [1.54, 1.807) is 11.3 Å². The van der Waals surface area contributed by atoms with E-state index >= 15 is 0 Å². The van der Waals surface area contributed by atoms with Crippen molar-refractivity contribution in [1.29, 1.82) is 0 Å². The van der Waals surface area contributed by atoms with Crippen LogP contribution in [-0.2, 0) is 0 Å². The van der Waals surface area contributed by atoms with E-state index in [4.69, 9.17) is 5.11 Å². The van der Waals surface area contributed by atoms with Gasteiger partial charge < -0.3 is 5.11 Å². The van der Waals surface area contributed by atoms with Gasteiger partial charge in [-0.1, -0.05) is 11.3 Å². The molecule has 0 spiro atoms. The molecule has 0 saturated carbocycles. The zero-order valence-electron chi connectivity index (χ0n) is 7.22. The van der Waals surface area contributed by atoms with Gasteiger partial charge in [0.25, 0.3) is 5.56 Å². The standard InChI is InChI=1S/C8H6N2O3S/c1-4-2-6(11)9-8-10(4)3-5(14-8)7(12)13/h2-3H,1H3,(H,12,13). The average molecular weight is 210 g/mol. The quantitative estimate of drug-likeness (QED) is 0.754. The van der Waals surface area contributed by atoms with Crippen LogP contribution in [0.2, 0.25) is 0 Å². The van der Waals surface area contributed by atoms with Crippen LogP contribution in [0.25, 0.3) is 4.96 Å². The first-order valence-electron chi connectivity index (χ1n) is 3.81. The van der Waals surface area contributed by atoms with E-state index < -0.39 is 5.97 Å². The van der Waals surface area contributed by atoms with Gasteiger partial charge in [0.05, 0.1) is 0 Å². The van der Waals surface area contributed by atoms with E-state index in [1.807, 2.05) is 0 Å². The first-order valence-corrected chi connectivity index (χ1v) is 4.63. The predicted molar refractivity (Wildman–Crippen MR) is 51.0 cm³/mol. The van der Waals surface area contributed by atoms with Crippen LogP contribution in [0.15, 0.2) is 17.1 Å². The molecule has 2 aromatic rings. The molecule has 0 radical (unpaired) electrons. The molecule has 0 bridgehead atoms. The first kappa shape index (κ1) is 8.89. The molecule has 2 aromatic heterocycles. The number of carboxylic acids is 1. The maximum absolute atomic E-state index is 11.0. The Morgan fingerprint density at radius 1 is 1.64 bits per heavy atom. The van der Waals surface area contributed by atoms with Crippen LogP contribution in [0, 0.1) is 6.92 Å². The second-order valence-electron chi connectivity index (χ2n) is 2.79. The fourth-order valence-electron chi connectivity index (χ4n) is 1.15. The lowest BCUT2D eigenvalue weighted by molar-refractivity contribution is 0.0702. The Kier molecular flexibility index (Phi) is 1.85. The number of nitrogens with zero attached hydrogens (tertiary/aromatic N) is 2. The SMILES string of the molecule is Cc1cc(=O)nc2sc(C(=O)O)cn12. The second kappa shape index (κ2) is 2.91. The highest BCUT2D eigenvalue weighted by atomic mass is 32.1. The molecule has 0 fully saturated rings. The summed E-state index contributed by atoms with van der Waals surface area (Å²) in [5, 5.41) is 8.74. The number of hydrogen-bond donors (Lipinski definition) is 1. The molecule has 72 valence electrons. The third kappa shape index (κ3) is 1.29. The molecule has 0 unspecified atom stereocenters. The Hall–Kier alpha value is -1.69. The van der Waals surface area contributed by atoms with Gasteiger partial charge in [0.15, 0.2) is 4.96 Å². The summed E-state index contributed by atoms with van der Waals surface area (Å²) in [5.74, 6) is -1.01. The Morgan fingerprint density at radius 3 is 3.00 bits per heavy atom. The smallest absolute Gasteiger partial charge is 0.347 e. The van der Waals surface area contributed by atoms with Crippen molar-refractivity contribution in [2.24, 2.45) is 0 Å². The molecule has 2 rings (SSSR count). The summed E-state index contributed by atoms with van der Waals surface area (Å²) in [4.78, 5) is 26.0. The Labute approximate surface area is 82.3 Å². The largest absolute Gasteiger partial charge is 0.477 e. The minimum Gasteiger partial charge on any atom is -0.477 e. The van der Waals surface area contributed by atoms with E-state index in [1.165, 1.54) is 12.3 Å². The third-order valence-corrected chi connectivity index (χ3v) is 2.75. The molecule has 2 heterocycles. The lowest BCUT2D eigenvalue weighted by Crippen LogP contribution is -2.07. The van der Waals surface area contributed by atoms with Gasteiger partial charge in [-0.05, 0) is 6.92 Å². The highest BCUT2D eigenvalue weighted by Crippen LogP contribution is 2.15. The normalized spacial score (nSPS) is 10.6. The summed E-state index contributed by atoms with van der Waals surface area (Å²) in [6, 6.07) is 1.37. The third-order valence-electron chi connectivity index (χ3n) is 1.78. The van der Waals surface area contributed by atoms with Crippen molar-refractivity contribution in [3.05, 3.63) is 33.2 Å². The highest BCUT2D eigenvalue weighted by Gasteiger charge is 2.10. The van der Waals surface area contributed by atoms with Crippen LogP contribution in [0.1, 0.15) is 15.4 Å². The minimum atomic E-state index is -1.01. The molecule has 0 atom stereocenters. The topological polar surface area (TPSA) is 71.7 Å². The van der Waals surface area contributed by atoms with E-state index in [0.717, 1.165) is 11.3 Å². The summed E-state index contributed by atoms with van der Waals surface area (Å²) in [7, 11) is 0. The van der Waals surface area contributed by atoms with Crippen molar-refractivity contribution in [2.75, 3.05) is 0 Å². The number of aromatic carboxylic acids is 1. The van der Waals surface area contributed by atoms with E-state index in [-0.39, 0.29) is 10.4 Å². The summed E-state index contributed by atoms with van der Waals surface area (Å²) in [6.45, 7) is 1.73. The van der Waals surface area contributed by atoms with E-state index in [2.05, 4.69) is 4.98 Å². The van der Waals surface area contributed by atoms with E-state index in [9.17, 15) is 9.59 Å². The van der Waals surface area contributed by atoms with Crippen LogP contribution in [0.3, 0.4) is 0 Å². The second-order valence-corrected chi connectivity index (χ2v) is 3.80. The summed E-state index contributed by atoms with van der Waals surface area (Å²) in [5.41, 5.74) is 0.338. The zero-order valence-corrected chi connectivity index (χ0v) is 8.04. The Morgan fingerprint density at radius 2 is 2.36 bits per heavy atom. The van der Waals surface area contributed by atoms with Gasteiger partial charge in [0.2, 0.25) is 0 Å².